The van der Waals surface area contributed by atoms with Gasteiger partial charge in [-0.15, -0.1) is 0 Å². The Kier molecular flexibility index (Phi) is 8.09. The summed E-state index contributed by atoms with van der Waals surface area (Å²) in [5.74, 6) is 0.452. The number of hydrogen-bond donors (Lipinski definition) is 2. The summed E-state index contributed by atoms with van der Waals surface area (Å²) in [4.78, 5) is 26.8. The first-order valence-corrected chi connectivity index (χ1v) is 10.4. The summed E-state index contributed by atoms with van der Waals surface area (Å²) >= 11 is 0. The van der Waals surface area contributed by atoms with Crippen LogP contribution in [0.25, 0.3) is 0 Å². The minimum Gasteiger partial charge on any atom is -0.491 e. The Balaban J connectivity index is 1.54. The van der Waals surface area contributed by atoms with E-state index >= 15 is 0 Å². The molecule has 2 aromatic carbocycles. The van der Waals surface area contributed by atoms with Gasteiger partial charge in [-0.2, -0.15) is 0 Å². The molecule has 2 amide bonds. The van der Waals surface area contributed by atoms with Crippen molar-refractivity contribution in [2.45, 2.75) is 19.8 Å². The van der Waals surface area contributed by atoms with Gasteiger partial charge in [-0.25, -0.2) is 0 Å². The number of carbonyl (C=O) groups excluding carboxylic acids is 2. The predicted molar refractivity (Wildman–Crippen MR) is 117 cm³/mol. The maximum Gasteiger partial charge on any atom is 0.254 e. The lowest BCUT2D eigenvalue weighted by Crippen LogP contribution is -2.40. The first-order chi connectivity index (χ1) is 14.7. The summed E-state index contributed by atoms with van der Waals surface area (Å²) in [7, 11) is 0. The monoisotopic (exact) mass is 411 g/mol. The Hall–Kier alpha value is -3.06. The lowest BCUT2D eigenvalue weighted by Gasteiger charge is -2.27. The SMILES string of the molecule is CCCCOc1ccccc1NC(=O)CNc1cccc(C(=O)N2CCOCC2)c1. The number of amides is 2. The van der Waals surface area contributed by atoms with Gasteiger partial charge in [-0.1, -0.05) is 31.5 Å². The van der Waals surface area contributed by atoms with Crippen molar-refractivity contribution in [2.24, 2.45) is 0 Å². The zero-order valence-electron chi connectivity index (χ0n) is 17.4. The molecule has 1 aliphatic heterocycles. The molecule has 0 bridgehead atoms. The summed E-state index contributed by atoms with van der Waals surface area (Å²) in [6.45, 7) is 5.12. The van der Waals surface area contributed by atoms with Crippen LogP contribution in [-0.2, 0) is 9.53 Å². The van der Waals surface area contributed by atoms with E-state index in [-0.39, 0.29) is 18.4 Å². The second kappa shape index (κ2) is 11.2. The number of morpholine rings is 1. The molecule has 0 radical (unpaired) electrons. The number of carbonyl (C=O) groups is 2. The third-order valence-corrected chi connectivity index (χ3v) is 4.78. The van der Waals surface area contributed by atoms with Crippen LogP contribution in [0.5, 0.6) is 5.75 Å². The topological polar surface area (TPSA) is 79.9 Å². The van der Waals surface area contributed by atoms with Gasteiger partial charge in [0.05, 0.1) is 32.1 Å². The average molecular weight is 412 g/mol. The highest BCUT2D eigenvalue weighted by molar-refractivity contribution is 5.96. The molecule has 7 nitrogen and oxygen atoms in total. The molecule has 0 saturated carbocycles. The first kappa shape index (κ1) is 21.6. The van der Waals surface area contributed by atoms with Crippen molar-refractivity contribution in [3.63, 3.8) is 0 Å². The zero-order chi connectivity index (χ0) is 21.2. The highest BCUT2D eigenvalue weighted by Crippen LogP contribution is 2.24. The number of nitrogens with zero attached hydrogens (tertiary/aromatic N) is 1. The second-order valence-corrected chi connectivity index (χ2v) is 7.09. The summed E-state index contributed by atoms with van der Waals surface area (Å²) in [5, 5.41) is 5.97. The number of para-hydroxylation sites is 2. The second-order valence-electron chi connectivity index (χ2n) is 7.09. The standard InChI is InChI=1S/C23H29N3O4/c1-2-3-13-30-21-10-5-4-9-20(21)25-22(27)17-24-19-8-6-7-18(16-19)23(28)26-11-14-29-15-12-26/h4-10,16,24H,2-3,11-15,17H2,1H3,(H,25,27). The molecule has 160 valence electrons. The Morgan fingerprint density at radius 1 is 1.10 bits per heavy atom. The van der Waals surface area contributed by atoms with Crippen molar-refractivity contribution in [3.8, 4) is 5.75 Å². The van der Waals surface area contributed by atoms with Gasteiger partial charge >= 0.3 is 0 Å². The molecule has 3 rings (SSSR count). The largest absolute Gasteiger partial charge is 0.491 e. The Bertz CT molecular complexity index is 850. The molecule has 2 aromatic rings. The molecule has 0 aromatic heterocycles. The van der Waals surface area contributed by atoms with E-state index in [4.69, 9.17) is 9.47 Å². The van der Waals surface area contributed by atoms with Crippen molar-refractivity contribution >= 4 is 23.2 Å². The Labute approximate surface area is 177 Å². The van der Waals surface area contributed by atoms with E-state index in [2.05, 4.69) is 17.6 Å². The molecule has 0 atom stereocenters. The van der Waals surface area contributed by atoms with Crippen LogP contribution in [0.2, 0.25) is 0 Å². The van der Waals surface area contributed by atoms with Crippen LogP contribution in [-0.4, -0.2) is 56.2 Å². The number of rotatable bonds is 9. The molecular weight excluding hydrogens is 382 g/mol. The lowest BCUT2D eigenvalue weighted by atomic mass is 10.1. The van der Waals surface area contributed by atoms with Gasteiger partial charge in [0.2, 0.25) is 5.91 Å². The normalized spacial score (nSPS) is 13.6. The fraction of sp³-hybridized carbons (Fsp3) is 0.391. The maximum absolute atomic E-state index is 12.6. The number of unbranched alkanes of at least 4 members (excludes halogenated alkanes) is 1. The minimum absolute atomic E-state index is 0.0236. The molecule has 1 fully saturated rings. The Morgan fingerprint density at radius 3 is 2.70 bits per heavy atom. The molecule has 2 N–H and O–H groups in total. The molecule has 1 heterocycles. The van der Waals surface area contributed by atoms with E-state index in [0.717, 1.165) is 18.5 Å². The zero-order valence-corrected chi connectivity index (χ0v) is 17.4. The van der Waals surface area contributed by atoms with Crippen LogP contribution >= 0.6 is 0 Å². The predicted octanol–water partition coefficient (Wildman–Crippen LogP) is 3.39. The van der Waals surface area contributed by atoms with Crippen LogP contribution in [0, 0.1) is 0 Å². The van der Waals surface area contributed by atoms with Crippen molar-refractivity contribution < 1.29 is 19.1 Å². The molecule has 7 heteroatoms. The number of benzene rings is 2. The van der Waals surface area contributed by atoms with Crippen LogP contribution < -0.4 is 15.4 Å². The van der Waals surface area contributed by atoms with Crippen LogP contribution in [0.3, 0.4) is 0 Å². The van der Waals surface area contributed by atoms with Gasteiger partial charge in [0, 0.05) is 24.3 Å². The van der Waals surface area contributed by atoms with Crippen LogP contribution in [0.1, 0.15) is 30.1 Å². The molecule has 1 aliphatic rings. The molecular formula is C23H29N3O4. The fourth-order valence-electron chi connectivity index (χ4n) is 3.11. The highest BCUT2D eigenvalue weighted by atomic mass is 16.5. The summed E-state index contributed by atoms with van der Waals surface area (Å²) in [5.41, 5.74) is 1.96. The maximum atomic E-state index is 12.6. The number of ether oxygens (including phenoxy) is 2. The van der Waals surface area contributed by atoms with Gasteiger partial charge in [0.1, 0.15) is 5.75 Å². The molecule has 30 heavy (non-hydrogen) atoms. The van der Waals surface area contributed by atoms with E-state index < -0.39 is 0 Å². The highest BCUT2D eigenvalue weighted by Gasteiger charge is 2.18. The van der Waals surface area contributed by atoms with Crippen LogP contribution in [0.4, 0.5) is 11.4 Å². The number of nitrogens with one attached hydrogen (secondary N) is 2. The van der Waals surface area contributed by atoms with Crippen molar-refractivity contribution in [1.82, 2.24) is 4.90 Å². The van der Waals surface area contributed by atoms with Crippen molar-refractivity contribution in [3.05, 3.63) is 54.1 Å². The van der Waals surface area contributed by atoms with Gasteiger partial charge in [-0.05, 0) is 36.8 Å². The Morgan fingerprint density at radius 2 is 1.90 bits per heavy atom. The molecule has 0 unspecified atom stereocenters. The summed E-state index contributed by atoms with van der Waals surface area (Å²) in [6, 6.07) is 14.6. The third kappa shape index (κ3) is 6.22. The van der Waals surface area contributed by atoms with Crippen molar-refractivity contribution in [2.75, 3.05) is 50.1 Å². The van der Waals surface area contributed by atoms with Gasteiger partial charge < -0.3 is 25.0 Å². The minimum atomic E-state index is -0.188. The fourth-order valence-corrected chi connectivity index (χ4v) is 3.11. The third-order valence-electron chi connectivity index (χ3n) is 4.78. The molecule has 0 spiro atoms. The lowest BCUT2D eigenvalue weighted by molar-refractivity contribution is -0.114. The van der Waals surface area contributed by atoms with E-state index in [1.165, 1.54) is 0 Å². The summed E-state index contributed by atoms with van der Waals surface area (Å²) < 4.78 is 11.1. The van der Waals surface area contributed by atoms with Crippen LogP contribution in [0.15, 0.2) is 48.5 Å². The molecule has 0 aliphatic carbocycles. The van der Waals surface area contributed by atoms with Crippen molar-refractivity contribution in [1.29, 1.82) is 0 Å². The van der Waals surface area contributed by atoms with E-state index in [0.29, 0.717) is 49.9 Å². The van der Waals surface area contributed by atoms with E-state index in [9.17, 15) is 9.59 Å². The number of hydrogen-bond acceptors (Lipinski definition) is 5. The average Bonchev–Trinajstić information content (AvgIpc) is 2.79. The first-order valence-electron chi connectivity index (χ1n) is 10.4. The number of anilines is 2. The smallest absolute Gasteiger partial charge is 0.254 e. The van der Waals surface area contributed by atoms with Gasteiger partial charge in [0.25, 0.3) is 5.91 Å². The van der Waals surface area contributed by atoms with Gasteiger partial charge in [-0.3, -0.25) is 9.59 Å². The molecule has 1 saturated heterocycles. The van der Waals surface area contributed by atoms with Gasteiger partial charge in [0.15, 0.2) is 0 Å². The van der Waals surface area contributed by atoms with E-state index in [1.807, 2.05) is 36.4 Å². The van der Waals surface area contributed by atoms with E-state index in [1.54, 1.807) is 17.0 Å². The quantitative estimate of drug-likeness (QED) is 0.619. The summed E-state index contributed by atoms with van der Waals surface area (Å²) in [6.07, 6.45) is 2.01.